The summed E-state index contributed by atoms with van der Waals surface area (Å²) >= 11 is 0. The number of carbonyl (C=O) groups is 1. The second kappa shape index (κ2) is 6.08. The molecule has 1 aliphatic rings. The summed E-state index contributed by atoms with van der Waals surface area (Å²) in [5, 5.41) is 2.59. The molecule has 3 heterocycles. The molecule has 126 valence electrons. The van der Waals surface area contributed by atoms with Crippen molar-refractivity contribution in [3.8, 4) is 0 Å². The number of methoxy groups -OCH3 is 1. The number of amides is 1. The first-order chi connectivity index (χ1) is 11.4. The Morgan fingerprint density at radius 3 is 2.67 bits per heavy atom. The molecule has 6 nitrogen and oxygen atoms in total. The second-order valence-electron chi connectivity index (χ2n) is 5.06. The highest BCUT2D eigenvalue weighted by molar-refractivity contribution is 6.01. The van der Waals surface area contributed by atoms with Gasteiger partial charge in [-0.3, -0.25) is 4.79 Å². The Balaban J connectivity index is 2.20. The van der Waals surface area contributed by atoms with Gasteiger partial charge in [0.25, 0.3) is 5.91 Å². The van der Waals surface area contributed by atoms with Crippen LogP contribution in [0.25, 0.3) is 0 Å². The Bertz CT molecular complexity index is 766. The fraction of sp³-hybridized carbons (Fsp3) is 0.267. The van der Waals surface area contributed by atoms with Crippen molar-refractivity contribution in [1.29, 1.82) is 0 Å². The van der Waals surface area contributed by atoms with Crippen molar-refractivity contribution in [3.63, 3.8) is 0 Å². The number of fused-ring (bicyclic) bond motifs is 1. The summed E-state index contributed by atoms with van der Waals surface area (Å²) in [5.41, 5.74) is -0.631. The molecule has 0 fully saturated rings. The van der Waals surface area contributed by atoms with Gasteiger partial charge in [0.15, 0.2) is 5.69 Å². The fourth-order valence-electron chi connectivity index (χ4n) is 2.56. The van der Waals surface area contributed by atoms with E-state index in [1.165, 1.54) is 36.5 Å². The number of ether oxygens (including phenoxy) is 1. The van der Waals surface area contributed by atoms with Gasteiger partial charge < -0.3 is 15.0 Å². The zero-order chi connectivity index (χ0) is 17.3. The molecule has 0 aromatic carbocycles. The third kappa shape index (κ3) is 2.78. The zero-order valence-electron chi connectivity index (χ0n) is 12.5. The number of rotatable bonds is 3. The molecule has 1 unspecified atom stereocenters. The van der Waals surface area contributed by atoms with Crippen molar-refractivity contribution >= 4 is 17.4 Å². The van der Waals surface area contributed by atoms with E-state index in [0.29, 0.717) is 0 Å². The second-order valence-corrected chi connectivity index (χ2v) is 5.06. The van der Waals surface area contributed by atoms with E-state index in [1.807, 2.05) is 0 Å². The third-order valence-corrected chi connectivity index (χ3v) is 3.52. The smallest absolute Gasteiger partial charge is 0.381 e. The number of alkyl halides is 3. The summed E-state index contributed by atoms with van der Waals surface area (Å²) in [6.07, 6.45) is -2.77. The average Bonchev–Trinajstić information content (AvgIpc) is 2.55. The zero-order valence-corrected chi connectivity index (χ0v) is 12.5. The van der Waals surface area contributed by atoms with Crippen molar-refractivity contribution in [2.24, 2.45) is 0 Å². The Hall–Kier alpha value is -2.68. The van der Waals surface area contributed by atoms with Gasteiger partial charge in [-0.1, -0.05) is 0 Å². The average molecular weight is 338 g/mol. The lowest BCUT2D eigenvalue weighted by Crippen LogP contribution is -2.54. The van der Waals surface area contributed by atoms with Crippen LogP contribution < -0.4 is 10.2 Å². The number of hydrogen-bond donors (Lipinski definition) is 1. The van der Waals surface area contributed by atoms with Gasteiger partial charge >= 0.3 is 6.18 Å². The molecule has 2 aromatic rings. The number of anilines is 2. The molecular weight excluding hydrogens is 325 g/mol. The van der Waals surface area contributed by atoms with Crippen molar-refractivity contribution in [2.75, 3.05) is 18.6 Å². The maximum Gasteiger partial charge on any atom is 0.419 e. The lowest BCUT2D eigenvalue weighted by atomic mass is 10.1. The highest BCUT2D eigenvalue weighted by atomic mass is 19.4. The van der Waals surface area contributed by atoms with Crippen molar-refractivity contribution < 1.29 is 22.7 Å². The van der Waals surface area contributed by atoms with Gasteiger partial charge in [-0.05, 0) is 24.3 Å². The summed E-state index contributed by atoms with van der Waals surface area (Å²) < 4.78 is 45.1. The van der Waals surface area contributed by atoms with Crippen LogP contribution in [-0.2, 0) is 10.9 Å². The van der Waals surface area contributed by atoms with Crippen LogP contribution in [0.2, 0.25) is 0 Å². The maximum absolute atomic E-state index is 13.4. The van der Waals surface area contributed by atoms with Gasteiger partial charge in [0, 0.05) is 19.5 Å². The molecule has 2 aromatic heterocycles. The van der Waals surface area contributed by atoms with E-state index in [4.69, 9.17) is 4.74 Å². The van der Waals surface area contributed by atoms with E-state index in [-0.39, 0.29) is 23.8 Å². The molecule has 1 atom stereocenters. The number of pyridine rings is 2. The summed E-state index contributed by atoms with van der Waals surface area (Å²) in [4.78, 5) is 21.3. The number of nitrogens with one attached hydrogen (secondary N) is 1. The number of carbonyl (C=O) groups excluding carboxylic acids is 1. The van der Waals surface area contributed by atoms with Crippen LogP contribution in [0.3, 0.4) is 0 Å². The molecular formula is C15H13F3N4O2. The third-order valence-electron chi connectivity index (χ3n) is 3.52. The number of halogens is 3. The molecule has 0 spiro atoms. The van der Waals surface area contributed by atoms with Crippen molar-refractivity contribution in [3.05, 3.63) is 47.9 Å². The normalized spacial score (nSPS) is 17.4. The summed E-state index contributed by atoms with van der Waals surface area (Å²) in [7, 11) is 1.40. The lowest BCUT2D eigenvalue weighted by molar-refractivity contribution is -0.137. The van der Waals surface area contributed by atoms with E-state index in [2.05, 4.69) is 15.3 Å². The van der Waals surface area contributed by atoms with Crippen LogP contribution in [0.15, 0.2) is 36.7 Å². The number of hydrogen-bond acceptors (Lipinski definition) is 5. The van der Waals surface area contributed by atoms with E-state index < -0.39 is 23.8 Å². The Kier molecular flexibility index (Phi) is 4.10. The monoisotopic (exact) mass is 338 g/mol. The number of aromatic nitrogens is 2. The van der Waals surface area contributed by atoms with Gasteiger partial charge in [-0.15, -0.1) is 0 Å². The van der Waals surface area contributed by atoms with Gasteiger partial charge in [-0.25, -0.2) is 9.97 Å². The van der Waals surface area contributed by atoms with Crippen molar-refractivity contribution in [1.82, 2.24) is 15.3 Å². The number of nitrogens with zero attached hydrogens (tertiary/aromatic N) is 3. The van der Waals surface area contributed by atoms with Crippen LogP contribution >= 0.6 is 0 Å². The molecule has 1 N–H and O–H groups in total. The predicted octanol–water partition coefficient (Wildman–Crippen LogP) is 2.35. The van der Waals surface area contributed by atoms with Crippen LogP contribution in [-0.4, -0.2) is 35.8 Å². The summed E-state index contributed by atoms with van der Waals surface area (Å²) in [5.74, 6) is -0.797. The van der Waals surface area contributed by atoms with E-state index in [9.17, 15) is 18.0 Å². The van der Waals surface area contributed by atoms with Crippen LogP contribution in [0.4, 0.5) is 24.7 Å². The standard InChI is InChI=1S/C15H13F3N4O2/c1-24-8-11-21-14(23)12-10(5-3-6-19-12)22(11)13-9(15(16,17)18)4-2-7-20-13/h2-7,11H,8H2,1H3,(H,21,23). The Morgan fingerprint density at radius 2 is 1.96 bits per heavy atom. The molecule has 0 bridgehead atoms. The van der Waals surface area contributed by atoms with Crippen LogP contribution in [0.1, 0.15) is 16.1 Å². The minimum atomic E-state index is -4.59. The Morgan fingerprint density at radius 1 is 1.25 bits per heavy atom. The molecule has 0 radical (unpaired) electrons. The molecule has 0 saturated carbocycles. The molecule has 24 heavy (non-hydrogen) atoms. The highest BCUT2D eigenvalue weighted by Crippen LogP contribution is 2.40. The largest absolute Gasteiger partial charge is 0.419 e. The minimum absolute atomic E-state index is 0.0199. The molecule has 0 aliphatic carbocycles. The van der Waals surface area contributed by atoms with Crippen LogP contribution in [0, 0.1) is 0 Å². The molecule has 3 rings (SSSR count). The van der Waals surface area contributed by atoms with E-state index in [0.717, 1.165) is 6.07 Å². The predicted molar refractivity (Wildman–Crippen MR) is 78.7 cm³/mol. The van der Waals surface area contributed by atoms with Gasteiger partial charge in [0.1, 0.15) is 12.0 Å². The summed E-state index contributed by atoms with van der Waals surface area (Å²) in [6, 6.07) is 5.23. The molecule has 1 amide bonds. The molecule has 1 aliphatic heterocycles. The van der Waals surface area contributed by atoms with Gasteiger partial charge in [-0.2, -0.15) is 13.2 Å². The Labute approximate surface area is 135 Å². The van der Waals surface area contributed by atoms with Crippen molar-refractivity contribution in [2.45, 2.75) is 12.3 Å². The van der Waals surface area contributed by atoms with Gasteiger partial charge in [0.2, 0.25) is 0 Å². The maximum atomic E-state index is 13.4. The molecule has 0 saturated heterocycles. The first-order valence-corrected chi connectivity index (χ1v) is 6.99. The topological polar surface area (TPSA) is 67.3 Å². The fourth-order valence-corrected chi connectivity index (χ4v) is 2.56. The minimum Gasteiger partial charge on any atom is -0.381 e. The summed E-state index contributed by atoms with van der Waals surface area (Å²) in [6.45, 7) is -0.0199. The SMILES string of the molecule is COCC1NC(=O)c2ncccc2N1c1ncccc1C(F)(F)F. The quantitative estimate of drug-likeness (QED) is 0.930. The molecule has 9 heteroatoms. The van der Waals surface area contributed by atoms with Crippen LogP contribution in [0.5, 0.6) is 0 Å². The van der Waals surface area contributed by atoms with E-state index in [1.54, 1.807) is 6.07 Å². The van der Waals surface area contributed by atoms with Gasteiger partial charge in [0.05, 0.1) is 17.9 Å². The first kappa shape index (κ1) is 16.2. The van der Waals surface area contributed by atoms with E-state index >= 15 is 0 Å². The lowest BCUT2D eigenvalue weighted by Gasteiger charge is -2.38. The first-order valence-electron chi connectivity index (χ1n) is 6.99. The highest BCUT2D eigenvalue weighted by Gasteiger charge is 2.40.